The number of likely N-dealkylation sites (tertiary alicyclic amines) is 1. The van der Waals surface area contributed by atoms with Crippen molar-refractivity contribution in [2.24, 2.45) is 0 Å². The summed E-state index contributed by atoms with van der Waals surface area (Å²) >= 11 is 0. The van der Waals surface area contributed by atoms with Gasteiger partial charge in [0, 0.05) is 24.6 Å². The third kappa shape index (κ3) is 2.60. The average molecular weight is 282 g/mol. The van der Waals surface area contributed by atoms with Gasteiger partial charge in [-0.2, -0.15) is 0 Å². The molecule has 2 aromatic rings. The normalized spacial score (nSPS) is 22.4. The summed E-state index contributed by atoms with van der Waals surface area (Å²) in [5.74, 6) is 1.20. The van der Waals surface area contributed by atoms with Crippen molar-refractivity contribution >= 4 is 0 Å². The number of nitrogens with zero attached hydrogens (tertiary/aromatic N) is 3. The first-order chi connectivity index (χ1) is 10.4. The van der Waals surface area contributed by atoms with E-state index >= 15 is 0 Å². The van der Waals surface area contributed by atoms with Crippen LogP contribution in [0.1, 0.15) is 54.5 Å². The Morgan fingerprint density at radius 1 is 1.14 bits per heavy atom. The summed E-state index contributed by atoms with van der Waals surface area (Å²) in [6.07, 6.45) is 11.2. The van der Waals surface area contributed by atoms with E-state index in [2.05, 4.69) is 27.0 Å². The van der Waals surface area contributed by atoms with E-state index in [1.807, 2.05) is 12.4 Å². The van der Waals surface area contributed by atoms with Crippen LogP contribution < -0.4 is 0 Å². The highest BCUT2D eigenvalue weighted by Crippen LogP contribution is 2.33. The Bertz CT molecular complexity index is 581. The van der Waals surface area contributed by atoms with Gasteiger partial charge in [0.05, 0.1) is 11.7 Å². The maximum absolute atomic E-state index is 4.92. The standard InChI is InChI=1S/C17H22N4/c1-2-5-15-14(4-1)19-17(20-15)16-6-3-11-21(16)12-13-7-9-18-10-8-13/h7-10,16H,1-6,11-12H2,(H,19,20)/t16-/m1/s1. The lowest BCUT2D eigenvalue weighted by atomic mass is 10.0. The Kier molecular flexibility index (Phi) is 3.47. The molecule has 0 saturated carbocycles. The highest BCUT2D eigenvalue weighted by atomic mass is 15.2. The molecule has 2 aromatic heterocycles. The second-order valence-electron chi connectivity index (χ2n) is 6.24. The molecule has 4 heteroatoms. The number of pyridine rings is 1. The van der Waals surface area contributed by atoms with Crippen molar-refractivity contribution in [1.29, 1.82) is 0 Å². The topological polar surface area (TPSA) is 44.8 Å². The lowest BCUT2D eigenvalue weighted by molar-refractivity contribution is 0.240. The fourth-order valence-electron chi connectivity index (χ4n) is 3.68. The first-order valence-corrected chi connectivity index (χ1v) is 8.11. The number of aromatic nitrogens is 3. The Labute approximate surface area is 125 Å². The van der Waals surface area contributed by atoms with Crippen LogP contribution in [-0.4, -0.2) is 26.4 Å². The molecule has 0 aromatic carbocycles. The third-order valence-electron chi connectivity index (χ3n) is 4.79. The molecule has 4 nitrogen and oxygen atoms in total. The Balaban J connectivity index is 1.54. The van der Waals surface area contributed by atoms with E-state index in [1.165, 1.54) is 61.4 Å². The molecule has 0 unspecified atom stereocenters. The number of nitrogens with one attached hydrogen (secondary N) is 1. The number of rotatable bonds is 3. The van der Waals surface area contributed by atoms with Gasteiger partial charge in [-0.3, -0.25) is 9.88 Å². The van der Waals surface area contributed by atoms with Gasteiger partial charge in [0.1, 0.15) is 5.82 Å². The maximum Gasteiger partial charge on any atom is 0.124 e. The van der Waals surface area contributed by atoms with Gasteiger partial charge in [-0.05, 0) is 62.8 Å². The molecular weight excluding hydrogens is 260 g/mol. The predicted octanol–water partition coefficient (Wildman–Crippen LogP) is 3.02. The summed E-state index contributed by atoms with van der Waals surface area (Å²) in [6.45, 7) is 2.16. The second kappa shape index (κ2) is 5.60. The number of aromatic amines is 1. The summed E-state index contributed by atoms with van der Waals surface area (Å²) in [4.78, 5) is 15.2. The number of fused-ring (bicyclic) bond motifs is 1. The van der Waals surface area contributed by atoms with Crippen molar-refractivity contribution in [2.75, 3.05) is 6.54 Å². The van der Waals surface area contributed by atoms with E-state index in [9.17, 15) is 0 Å². The van der Waals surface area contributed by atoms with Crippen LogP contribution in [0.4, 0.5) is 0 Å². The molecule has 0 bridgehead atoms. The average Bonchev–Trinajstić information content (AvgIpc) is 3.14. The molecule has 1 aliphatic carbocycles. The molecule has 1 saturated heterocycles. The van der Waals surface area contributed by atoms with Gasteiger partial charge < -0.3 is 4.98 Å². The molecule has 1 fully saturated rings. The van der Waals surface area contributed by atoms with Gasteiger partial charge in [-0.1, -0.05) is 0 Å². The summed E-state index contributed by atoms with van der Waals surface area (Å²) in [6, 6.07) is 4.69. The van der Waals surface area contributed by atoms with E-state index in [0.717, 1.165) is 13.0 Å². The number of hydrogen-bond donors (Lipinski definition) is 1. The summed E-state index contributed by atoms with van der Waals surface area (Å²) < 4.78 is 0. The SMILES string of the molecule is c1cc(CN2CCC[C@@H]2c2nc3c([nH]2)CCCC3)ccn1. The van der Waals surface area contributed by atoms with Gasteiger partial charge in [0.15, 0.2) is 0 Å². The largest absolute Gasteiger partial charge is 0.344 e. The van der Waals surface area contributed by atoms with E-state index in [4.69, 9.17) is 4.98 Å². The van der Waals surface area contributed by atoms with E-state index in [1.54, 1.807) is 0 Å². The number of H-pyrrole nitrogens is 1. The Hall–Kier alpha value is -1.68. The van der Waals surface area contributed by atoms with Gasteiger partial charge in [0.2, 0.25) is 0 Å². The Morgan fingerprint density at radius 2 is 2.00 bits per heavy atom. The van der Waals surface area contributed by atoms with E-state index in [-0.39, 0.29) is 0 Å². The van der Waals surface area contributed by atoms with Crippen LogP contribution in [0.5, 0.6) is 0 Å². The molecule has 4 rings (SSSR count). The zero-order valence-corrected chi connectivity index (χ0v) is 12.4. The smallest absolute Gasteiger partial charge is 0.124 e. The minimum absolute atomic E-state index is 0.462. The second-order valence-corrected chi connectivity index (χ2v) is 6.24. The van der Waals surface area contributed by atoms with Crippen LogP contribution in [-0.2, 0) is 19.4 Å². The molecule has 0 amide bonds. The van der Waals surface area contributed by atoms with Gasteiger partial charge in [-0.25, -0.2) is 4.98 Å². The molecule has 0 radical (unpaired) electrons. The van der Waals surface area contributed by atoms with Crippen molar-refractivity contribution in [3.63, 3.8) is 0 Å². The molecule has 0 spiro atoms. The van der Waals surface area contributed by atoms with Crippen molar-refractivity contribution in [3.8, 4) is 0 Å². The van der Waals surface area contributed by atoms with Crippen molar-refractivity contribution in [2.45, 2.75) is 51.1 Å². The van der Waals surface area contributed by atoms with Gasteiger partial charge in [-0.15, -0.1) is 0 Å². The minimum atomic E-state index is 0.462. The fourth-order valence-corrected chi connectivity index (χ4v) is 3.68. The van der Waals surface area contributed by atoms with Crippen molar-refractivity contribution in [3.05, 3.63) is 47.3 Å². The highest BCUT2D eigenvalue weighted by molar-refractivity contribution is 5.20. The molecular formula is C17H22N4. The van der Waals surface area contributed by atoms with Gasteiger partial charge >= 0.3 is 0 Å². The van der Waals surface area contributed by atoms with Crippen LogP contribution in [0.25, 0.3) is 0 Å². The molecule has 21 heavy (non-hydrogen) atoms. The fraction of sp³-hybridized carbons (Fsp3) is 0.529. The first-order valence-electron chi connectivity index (χ1n) is 8.11. The summed E-state index contributed by atoms with van der Waals surface area (Å²) in [5.41, 5.74) is 4.06. The molecule has 2 aliphatic rings. The van der Waals surface area contributed by atoms with Crippen LogP contribution in [0, 0.1) is 0 Å². The summed E-state index contributed by atoms with van der Waals surface area (Å²) in [5, 5.41) is 0. The lowest BCUT2D eigenvalue weighted by Gasteiger charge is -2.22. The van der Waals surface area contributed by atoms with Crippen LogP contribution in [0.2, 0.25) is 0 Å². The van der Waals surface area contributed by atoms with E-state index in [0.29, 0.717) is 6.04 Å². The number of imidazole rings is 1. The van der Waals surface area contributed by atoms with Crippen LogP contribution >= 0.6 is 0 Å². The predicted molar refractivity (Wildman–Crippen MR) is 81.9 cm³/mol. The van der Waals surface area contributed by atoms with Crippen molar-refractivity contribution < 1.29 is 0 Å². The number of aryl methyl sites for hydroxylation is 2. The monoisotopic (exact) mass is 282 g/mol. The molecule has 1 atom stereocenters. The highest BCUT2D eigenvalue weighted by Gasteiger charge is 2.29. The maximum atomic E-state index is 4.92. The quantitative estimate of drug-likeness (QED) is 0.941. The van der Waals surface area contributed by atoms with Crippen LogP contribution in [0.15, 0.2) is 24.5 Å². The van der Waals surface area contributed by atoms with Crippen molar-refractivity contribution in [1.82, 2.24) is 19.9 Å². The third-order valence-corrected chi connectivity index (χ3v) is 4.79. The van der Waals surface area contributed by atoms with Gasteiger partial charge in [0.25, 0.3) is 0 Å². The first kappa shape index (κ1) is 13.0. The lowest BCUT2D eigenvalue weighted by Crippen LogP contribution is -2.23. The minimum Gasteiger partial charge on any atom is -0.344 e. The zero-order chi connectivity index (χ0) is 14.1. The number of hydrogen-bond acceptors (Lipinski definition) is 3. The molecule has 1 N–H and O–H groups in total. The van der Waals surface area contributed by atoms with E-state index < -0.39 is 0 Å². The molecule has 3 heterocycles. The zero-order valence-electron chi connectivity index (χ0n) is 12.4. The Morgan fingerprint density at radius 3 is 2.86 bits per heavy atom. The molecule has 1 aliphatic heterocycles. The van der Waals surface area contributed by atoms with Crippen LogP contribution in [0.3, 0.4) is 0 Å². The molecule has 110 valence electrons. The summed E-state index contributed by atoms with van der Waals surface area (Å²) in [7, 11) is 0.